The van der Waals surface area contributed by atoms with E-state index in [0.29, 0.717) is 30.6 Å². The van der Waals surface area contributed by atoms with E-state index >= 15 is 0 Å². The summed E-state index contributed by atoms with van der Waals surface area (Å²) in [5.41, 5.74) is 5.65. The van der Waals surface area contributed by atoms with Crippen molar-refractivity contribution in [3.63, 3.8) is 0 Å². The molecule has 1 aliphatic carbocycles. The molecule has 6 rings (SSSR count). The summed E-state index contributed by atoms with van der Waals surface area (Å²) in [4.78, 5) is 38.0. The first-order valence-corrected chi connectivity index (χ1v) is 15.5. The summed E-state index contributed by atoms with van der Waals surface area (Å²) in [7, 11) is 0. The molecule has 0 saturated carbocycles. The van der Waals surface area contributed by atoms with Crippen LogP contribution in [0.1, 0.15) is 55.5 Å². The summed E-state index contributed by atoms with van der Waals surface area (Å²) in [5, 5.41) is 25.4. The molecule has 3 N–H and O–H groups in total. The van der Waals surface area contributed by atoms with Crippen LogP contribution in [0.5, 0.6) is 5.75 Å². The van der Waals surface area contributed by atoms with Crippen LogP contribution in [0.15, 0.2) is 48.5 Å². The van der Waals surface area contributed by atoms with Gasteiger partial charge in [-0.25, -0.2) is 9.37 Å². The topological polar surface area (TPSA) is 119 Å². The normalized spacial score (nSPS) is 17.1. The van der Waals surface area contributed by atoms with Gasteiger partial charge in [0.2, 0.25) is 5.91 Å². The van der Waals surface area contributed by atoms with E-state index < -0.39 is 17.8 Å². The highest BCUT2D eigenvalue weighted by Gasteiger charge is 2.34. The fourth-order valence-electron chi connectivity index (χ4n) is 6.51. The zero-order valence-electron chi connectivity index (χ0n) is 24.8. The zero-order valence-corrected chi connectivity index (χ0v) is 24.8. The van der Waals surface area contributed by atoms with Gasteiger partial charge in [-0.15, -0.1) is 0 Å². The number of unbranched alkanes of at least 4 members (excludes halogenated alkanes) is 2. The molecule has 0 spiro atoms. The number of nitrogens with zero attached hydrogens (tertiary/aromatic N) is 4. The van der Waals surface area contributed by atoms with Gasteiger partial charge in [0.15, 0.2) is 0 Å². The predicted octanol–water partition coefficient (Wildman–Crippen LogP) is 5.28. The number of phenolic OH excluding ortho intramolecular Hbond substituents is 1. The lowest BCUT2D eigenvalue weighted by Crippen LogP contribution is -2.57. The molecular formula is C34H38FN5O4. The standard InChI is InChI=1S/C34H38FN5O4/c35-23-18-22-13-14-24(37-32(22)30(41)19-23)20-39-16-17-40(21-29(39)34(43)44)31(42)12-2-1-7-15-36-33-25-8-3-5-10-27(25)38-28-11-6-4-9-26(28)33/h3,5,8,10,13-14,18-19,29,41H,1-2,4,6-7,9,11-12,15-17,20-21H2,(H,36,38)(H,43,44). The van der Waals surface area contributed by atoms with E-state index in [0.717, 1.165) is 50.2 Å². The molecule has 1 unspecified atom stereocenters. The first kappa shape index (κ1) is 29.7. The van der Waals surface area contributed by atoms with E-state index in [1.807, 2.05) is 6.07 Å². The number of amides is 1. The van der Waals surface area contributed by atoms with Crippen LogP contribution in [0, 0.1) is 5.82 Å². The summed E-state index contributed by atoms with van der Waals surface area (Å²) in [6.45, 7) is 2.01. The van der Waals surface area contributed by atoms with Crippen molar-refractivity contribution in [2.75, 3.05) is 31.5 Å². The Morgan fingerprint density at radius 2 is 1.84 bits per heavy atom. The number of aromatic nitrogens is 2. The van der Waals surface area contributed by atoms with Crippen molar-refractivity contribution in [1.82, 2.24) is 19.8 Å². The first-order valence-electron chi connectivity index (χ1n) is 15.5. The number of carbonyl (C=O) groups is 2. The van der Waals surface area contributed by atoms with Crippen LogP contribution in [0.25, 0.3) is 21.8 Å². The van der Waals surface area contributed by atoms with E-state index in [1.54, 1.807) is 21.9 Å². The second kappa shape index (κ2) is 13.1. The van der Waals surface area contributed by atoms with E-state index in [1.165, 1.54) is 41.2 Å². The van der Waals surface area contributed by atoms with Gasteiger partial charge in [-0.3, -0.25) is 19.5 Å². The third-order valence-corrected chi connectivity index (χ3v) is 8.83. The van der Waals surface area contributed by atoms with Crippen molar-refractivity contribution >= 4 is 39.4 Å². The average molecular weight is 600 g/mol. The minimum absolute atomic E-state index is 0.0196. The molecule has 1 aliphatic heterocycles. The summed E-state index contributed by atoms with van der Waals surface area (Å²) in [6, 6.07) is 13.1. The summed E-state index contributed by atoms with van der Waals surface area (Å²) in [5.74, 6) is -1.82. The highest BCUT2D eigenvalue weighted by atomic mass is 19.1. The van der Waals surface area contributed by atoms with Crippen molar-refractivity contribution < 1.29 is 24.2 Å². The van der Waals surface area contributed by atoms with Gasteiger partial charge in [0.05, 0.1) is 11.2 Å². The molecule has 2 aliphatic rings. The van der Waals surface area contributed by atoms with Gasteiger partial charge in [-0.05, 0) is 62.3 Å². The van der Waals surface area contributed by atoms with Crippen LogP contribution >= 0.6 is 0 Å². The molecular weight excluding hydrogens is 561 g/mol. The summed E-state index contributed by atoms with van der Waals surface area (Å²) >= 11 is 0. The van der Waals surface area contributed by atoms with E-state index in [2.05, 4.69) is 28.5 Å². The van der Waals surface area contributed by atoms with Crippen LogP contribution < -0.4 is 5.32 Å². The number of benzene rings is 2. The largest absolute Gasteiger partial charge is 0.506 e. The second-order valence-electron chi connectivity index (χ2n) is 11.8. The Labute approximate surface area is 255 Å². The Hall–Kier alpha value is -4.31. The van der Waals surface area contributed by atoms with Gasteiger partial charge < -0.3 is 20.4 Å². The van der Waals surface area contributed by atoms with Gasteiger partial charge in [-0.1, -0.05) is 30.7 Å². The predicted molar refractivity (Wildman–Crippen MR) is 167 cm³/mol. The van der Waals surface area contributed by atoms with Crippen LogP contribution in [-0.2, 0) is 29.0 Å². The number of nitrogens with one attached hydrogen (secondary N) is 1. The third kappa shape index (κ3) is 6.45. The van der Waals surface area contributed by atoms with Crippen molar-refractivity contribution in [1.29, 1.82) is 0 Å². The molecule has 1 amide bonds. The number of pyridine rings is 2. The highest BCUT2D eigenvalue weighted by Crippen LogP contribution is 2.33. The third-order valence-electron chi connectivity index (χ3n) is 8.83. The molecule has 1 fully saturated rings. The molecule has 230 valence electrons. The van der Waals surface area contributed by atoms with Crippen molar-refractivity contribution in [2.24, 2.45) is 0 Å². The number of halogens is 1. The number of phenols is 1. The Kier molecular flexibility index (Phi) is 8.88. The molecule has 4 aromatic rings. The fourth-order valence-corrected chi connectivity index (χ4v) is 6.51. The number of aryl methyl sites for hydroxylation is 1. The highest BCUT2D eigenvalue weighted by molar-refractivity contribution is 5.93. The van der Waals surface area contributed by atoms with E-state index in [4.69, 9.17) is 4.98 Å². The number of carbonyl (C=O) groups excluding carboxylic acids is 1. The van der Waals surface area contributed by atoms with E-state index in [9.17, 15) is 24.2 Å². The second-order valence-corrected chi connectivity index (χ2v) is 11.8. The van der Waals surface area contributed by atoms with E-state index in [-0.39, 0.29) is 30.3 Å². The Balaban J connectivity index is 0.989. The molecule has 9 nitrogen and oxygen atoms in total. The average Bonchev–Trinajstić information content (AvgIpc) is 3.02. The van der Waals surface area contributed by atoms with Crippen molar-refractivity contribution in [2.45, 2.75) is 64.0 Å². The van der Waals surface area contributed by atoms with Crippen molar-refractivity contribution in [3.8, 4) is 5.75 Å². The summed E-state index contributed by atoms with van der Waals surface area (Å²) < 4.78 is 13.6. The maximum atomic E-state index is 13.6. The molecule has 3 heterocycles. The lowest BCUT2D eigenvalue weighted by atomic mass is 9.92. The molecule has 2 aromatic heterocycles. The molecule has 2 aromatic carbocycles. The van der Waals surface area contributed by atoms with Crippen molar-refractivity contribution in [3.05, 3.63) is 71.3 Å². The number of carboxylic acid groups (broad SMARTS) is 1. The van der Waals surface area contributed by atoms with Crippen LogP contribution in [0.3, 0.4) is 0 Å². The number of hydrogen-bond donors (Lipinski definition) is 3. The molecule has 44 heavy (non-hydrogen) atoms. The Bertz CT molecular complexity index is 1700. The number of piperazine rings is 1. The quantitative estimate of drug-likeness (QED) is 0.211. The van der Waals surface area contributed by atoms with Crippen LogP contribution in [-0.4, -0.2) is 74.1 Å². The Morgan fingerprint density at radius 1 is 1.00 bits per heavy atom. The number of rotatable bonds is 10. The fraction of sp³-hybridized carbons (Fsp3) is 0.412. The van der Waals surface area contributed by atoms with Gasteiger partial charge in [0.25, 0.3) is 0 Å². The lowest BCUT2D eigenvalue weighted by Gasteiger charge is -2.39. The number of aliphatic carboxylic acids is 1. The SMILES string of the molecule is O=C(O)C1CN(C(=O)CCCCCNc2c3c(nc4ccccc24)CCCC3)CCN1Cc1ccc2cc(F)cc(O)c2n1. The molecule has 0 bridgehead atoms. The maximum Gasteiger partial charge on any atom is 0.322 e. The van der Waals surface area contributed by atoms with Crippen LogP contribution in [0.4, 0.5) is 10.1 Å². The zero-order chi connectivity index (χ0) is 30.6. The van der Waals surface area contributed by atoms with Gasteiger partial charge >= 0.3 is 5.97 Å². The number of carboxylic acids is 1. The maximum absolute atomic E-state index is 13.6. The Morgan fingerprint density at radius 3 is 2.70 bits per heavy atom. The molecule has 0 radical (unpaired) electrons. The van der Waals surface area contributed by atoms with Gasteiger partial charge in [0, 0.05) is 67.4 Å². The lowest BCUT2D eigenvalue weighted by molar-refractivity contribution is -0.149. The minimum atomic E-state index is -0.995. The monoisotopic (exact) mass is 599 g/mol. The number of anilines is 1. The summed E-state index contributed by atoms with van der Waals surface area (Å²) in [6.07, 6.45) is 7.43. The first-order chi connectivity index (χ1) is 21.4. The minimum Gasteiger partial charge on any atom is -0.506 e. The van der Waals surface area contributed by atoms with Gasteiger partial charge in [0.1, 0.15) is 23.1 Å². The number of fused-ring (bicyclic) bond motifs is 3. The molecule has 1 atom stereocenters. The number of hydrogen-bond acceptors (Lipinski definition) is 7. The number of aromatic hydroxyl groups is 1. The van der Waals surface area contributed by atoms with Gasteiger partial charge in [-0.2, -0.15) is 0 Å². The molecule has 10 heteroatoms. The number of para-hydroxylation sites is 1. The van der Waals surface area contributed by atoms with Crippen LogP contribution in [0.2, 0.25) is 0 Å². The smallest absolute Gasteiger partial charge is 0.322 e. The molecule has 1 saturated heterocycles.